The minimum Gasteiger partial charge on any atom is -0.355 e. The van der Waals surface area contributed by atoms with Crippen LogP contribution in [-0.4, -0.2) is 27.4 Å². The number of carbonyl (C=O) groups is 1. The second-order valence-electron chi connectivity index (χ2n) is 5.09. The largest absolute Gasteiger partial charge is 0.355 e. The standard InChI is InChI=1S/C14H19BrN2O3S2/c15-12-6-7-14(21-12)22(19,20)17-10-13(18)16-9-8-11-4-2-1-3-5-11/h4,6-7,17H,1-3,5,8-10H2,(H,16,18). The molecule has 0 unspecified atom stereocenters. The van der Waals surface area contributed by atoms with Gasteiger partial charge in [0.15, 0.2) is 0 Å². The lowest BCUT2D eigenvalue weighted by atomic mass is 9.97. The van der Waals surface area contributed by atoms with Crippen LogP contribution in [0.4, 0.5) is 0 Å². The van der Waals surface area contributed by atoms with E-state index in [2.05, 4.69) is 32.0 Å². The van der Waals surface area contributed by atoms with Gasteiger partial charge in [-0.3, -0.25) is 4.79 Å². The van der Waals surface area contributed by atoms with E-state index in [0.717, 1.165) is 34.4 Å². The third-order valence-corrected chi connectivity index (χ3v) is 6.91. The highest BCUT2D eigenvalue weighted by atomic mass is 79.9. The monoisotopic (exact) mass is 406 g/mol. The van der Waals surface area contributed by atoms with Crippen LogP contribution in [0.25, 0.3) is 0 Å². The van der Waals surface area contributed by atoms with E-state index in [1.54, 1.807) is 6.07 Å². The Labute approximate surface area is 143 Å². The van der Waals surface area contributed by atoms with Crippen LogP contribution in [0, 0.1) is 0 Å². The lowest BCUT2D eigenvalue weighted by molar-refractivity contribution is -0.119. The van der Waals surface area contributed by atoms with Crippen molar-refractivity contribution in [1.82, 2.24) is 10.0 Å². The maximum atomic E-state index is 12.0. The molecule has 22 heavy (non-hydrogen) atoms. The summed E-state index contributed by atoms with van der Waals surface area (Å²) < 4.78 is 27.2. The Balaban J connectivity index is 1.72. The Morgan fingerprint density at radius 2 is 2.14 bits per heavy atom. The fraction of sp³-hybridized carbons (Fsp3) is 0.500. The highest BCUT2D eigenvalue weighted by Crippen LogP contribution is 2.25. The quantitative estimate of drug-likeness (QED) is 0.683. The molecule has 0 atom stereocenters. The van der Waals surface area contributed by atoms with Crippen LogP contribution in [0.1, 0.15) is 32.1 Å². The third-order valence-electron chi connectivity index (χ3n) is 3.39. The van der Waals surface area contributed by atoms with E-state index in [-0.39, 0.29) is 16.7 Å². The van der Waals surface area contributed by atoms with Crippen molar-refractivity contribution in [2.24, 2.45) is 0 Å². The molecular weight excluding hydrogens is 388 g/mol. The number of thiophene rings is 1. The molecule has 2 rings (SSSR count). The molecular formula is C14H19BrN2O3S2. The maximum absolute atomic E-state index is 12.0. The first kappa shape index (κ1) is 17.7. The topological polar surface area (TPSA) is 75.3 Å². The second kappa shape index (κ2) is 8.24. The SMILES string of the molecule is O=C(CNS(=O)(=O)c1ccc(Br)s1)NCCC1=CCCCC1. The lowest BCUT2D eigenvalue weighted by Crippen LogP contribution is -2.37. The first-order chi connectivity index (χ1) is 10.5. The van der Waals surface area contributed by atoms with Gasteiger partial charge in [0.2, 0.25) is 5.91 Å². The number of amides is 1. The molecule has 0 saturated heterocycles. The molecule has 1 amide bonds. The molecule has 1 aliphatic rings. The van der Waals surface area contributed by atoms with Crippen molar-refractivity contribution in [1.29, 1.82) is 0 Å². The van der Waals surface area contributed by atoms with Crippen LogP contribution >= 0.6 is 27.3 Å². The summed E-state index contributed by atoms with van der Waals surface area (Å²) in [6.07, 6.45) is 7.78. The Morgan fingerprint density at radius 1 is 1.32 bits per heavy atom. The normalized spacial score (nSPS) is 15.4. The molecule has 0 bridgehead atoms. The van der Waals surface area contributed by atoms with Crippen molar-refractivity contribution in [3.8, 4) is 0 Å². The van der Waals surface area contributed by atoms with E-state index in [4.69, 9.17) is 0 Å². The summed E-state index contributed by atoms with van der Waals surface area (Å²) in [5, 5.41) is 2.75. The number of nitrogens with one attached hydrogen (secondary N) is 2. The highest BCUT2D eigenvalue weighted by molar-refractivity contribution is 9.11. The number of rotatable bonds is 7. The van der Waals surface area contributed by atoms with Crippen LogP contribution < -0.4 is 10.0 Å². The summed E-state index contributed by atoms with van der Waals surface area (Å²) in [7, 11) is -3.61. The molecule has 1 aromatic heterocycles. The zero-order valence-corrected chi connectivity index (χ0v) is 15.3. The number of hydrogen-bond donors (Lipinski definition) is 2. The zero-order chi connectivity index (χ0) is 16.0. The number of sulfonamides is 1. The van der Waals surface area contributed by atoms with Crippen molar-refractivity contribution in [3.05, 3.63) is 27.6 Å². The van der Waals surface area contributed by atoms with Gasteiger partial charge >= 0.3 is 0 Å². The highest BCUT2D eigenvalue weighted by Gasteiger charge is 2.17. The van der Waals surface area contributed by atoms with E-state index in [0.29, 0.717) is 6.54 Å². The van der Waals surface area contributed by atoms with Crippen LogP contribution in [0.15, 0.2) is 31.8 Å². The van der Waals surface area contributed by atoms with Crippen LogP contribution in [0.3, 0.4) is 0 Å². The minimum atomic E-state index is -3.61. The molecule has 0 aromatic carbocycles. The molecule has 2 N–H and O–H groups in total. The summed E-state index contributed by atoms with van der Waals surface area (Å²) in [5.74, 6) is -0.310. The Morgan fingerprint density at radius 3 is 2.77 bits per heavy atom. The van der Waals surface area contributed by atoms with Gasteiger partial charge in [-0.25, -0.2) is 13.1 Å². The fourth-order valence-corrected chi connectivity index (χ4v) is 5.27. The van der Waals surface area contributed by atoms with Gasteiger partial charge in [-0.15, -0.1) is 11.3 Å². The van der Waals surface area contributed by atoms with Crippen molar-refractivity contribution in [3.63, 3.8) is 0 Å². The first-order valence-corrected chi connectivity index (χ1v) is 10.3. The van der Waals surface area contributed by atoms with Gasteiger partial charge in [-0.1, -0.05) is 11.6 Å². The fourth-order valence-electron chi connectivity index (χ4n) is 2.23. The second-order valence-corrected chi connectivity index (χ2v) is 9.55. The molecule has 0 spiro atoms. The Hall–Kier alpha value is -0.700. The maximum Gasteiger partial charge on any atom is 0.250 e. The van der Waals surface area contributed by atoms with Crippen molar-refractivity contribution < 1.29 is 13.2 Å². The summed E-state index contributed by atoms with van der Waals surface area (Å²) in [6, 6.07) is 3.17. The van der Waals surface area contributed by atoms with E-state index >= 15 is 0 Å². The predicted octanol–water partition coefficient (Wildman–Crippen LogP) is 2.80. The average Bonchev–Trinajstić information content (AvgIpc) is 2.94. The Kier molecular flexibility index (Phi) is 6.61. The van der Waals surface area contributed by atoms with Gasteiger partial charge in [0.1, 0.15) is 4.21 Å². The molecule has 1 heterocycles. The summed E-state index contributed by atoms with van der Waals surface area (Å²) in [5.41, 5.74) is 1.38. The molecule has 1 aliphatic carbocycles. The molecule has 122 valence electrons. The molecule has 8 heteroatoms. The van der Waals surface area contributed by atoms with Crippen molar-refractivity contribution >= 4 is 43.2 Å². The zero-order valence-electron chi connectivity index (χ0n) is 12.1. The molecule has 0 saturated carbocycles. The van der Waals surface area contributed by atoms with Gasteiger partial charge in [0.05, 0.1) is 10.3 Å². The smallest absolute Gasteiger partial charge is 0.250 e. The van der Waals surface area contributed by atoms with Gasteiger partial charge < -0.3 is 5.32 Å². The number of allylic oxidation sites excluding steroid dienone is 1. The van der Waals surface area contributed by atoms with E-state index in [1.165, 1.54) is 24.5 Å². The number of halogens is 1. The van der Waals surface area contributed by atoms with E-state index < -0.39 is 10.0 Å². The molecule has 0 radical (unpaired) electrons. The third kappa shape index (κ3) is 5.49. The summed E-state index contributed by atoms with van der Waals surface area (Å²) >= 11 is 4.33. The molecule has 0 aliphatic heterocycles. The van der Waals surface area contributed by atoms with E-state index in [1.807, 2.05) is 0 Å². The van der Waals surface area contributed by atoms with Gasteiger partial charge in [0, 0.05) is 6.54 Å². The molecule has 1 aromatic rings. The minimum absolute atomic E-state index is 0.194. The van der Waals surface area contributed by atoms with Gasteiger partial charge in [0.25, 0.3) is 10.0 Å². The van der Waals surface area contributed by atoms with Crippen LogP contribution in [0.5, 0.6) is 0 Å². The van der Waals surface area contributed by atoms with Gasteiger partial charge in [-0.2, -0.15) is 0 Å². The average molecular weight is 407 g/mol. The summed E-state index contributed by atoms with van der Waals surface area (Å²) in [4.78, 5) is 11.7. The Bertz CT molecular complexity index is 653. The molecule has 0 fully saturated rings. The van der Waals surface area contributed by atoms with Crippen molar-refractivity contribution in [2.45, 2.75) is 36.3 Å². The van der Waals surface area contributed by atoms with Crippen LogP contribution in [-0.2, 0) is 14.8 Å². The predicted molar refractivity (Wildman–Crippen MR) is 91.4 cm³/mol. The van der Waals surface area contributed by atoms with E-state index in [9.17, 15) is 13.2 Å². The summed E-state index contributed by atoms with van der Waals surface area (Å²) in [6.45, 7) is 0.313. The lowest BCUT2D eigenvalue weighted by Gasteiger charge is -2.13. The van der Waals surface area contributed by atoms with Gasteiger partial charge in [-0.05, 0) is 60.2 Å². The van der Waals surface area contributed by atoms with Crippen LogP contribution in [0.2, 0.25) is 0 Å². The molecule has 5 nitrogen and oxygen atoms in total. The number of carbonyl (C=O) groups excluding carboxylic acids is 1. The van der Waals surface area contributed by atoms with Crippen molar-refractivity contribution in [2.75, 3.05) is 13.1 Å². The first-order valence-electron chi connectivity index (χ1n) is 7.17. The number of hydrogen-bond acceptors (Lipinski definition) is 4.